The van der Waals surface area contributed by atoms with Gasteiger partial charge >= 0.3 is 0 Å². The van der Waals surface area contributed by atoms with Crippen molar-refractivity contribution in [2.75, 3.05) is 12.4 Å². The van der Waals surface area contributed by atoms with E-state index in [4.69, 9.17) is 4.74 Å². The van der Waals surface area contributed by atoms with E-state index >= 15 is 0 Å². The molecule has 5 nitrogen and oxygen atoms in total. The van der Waals surface area contributed by atoms with Crippen LogP contribution in [0.25, 0.3) is 16.9 Å². The van der Waals surface area contributed by atoms with Crippen molar-refractivity contribution in [3.05, 3.63) is 78.6 Å². The normalized spacial score (nSPS) is 11.1. The van der Waals surface area contributed by atoms with Crippen LogP contribution in [-0.2, 0) is 0 Å². The van der Waals surface area contributed by atoms with Crippen LogP contribution in [-0.4, -0.2) is 28.2 Å². The van der Waals surface area contributed by atoms with Crippen LogP contribution in [0.4, 0.5) is 14.5 Å². The minimum Gasteiger partial charge on any atom is -0.495 e. The number of aromatic nitrogens is 2. The number of nitrogens with one attached hydrogen (secondary N) is 1. The molecule has 0 atom stereocenters. The van der Waals surface area contributed by atoms with E-state index in [1.54, 1.807) is 24.3 Å². The molecule has 0 aliphatic rings. The molecule has 8 heteroatoms. The first kappa shape index (κ1) is 19.9. The average Bonchev–Trinajstić information content (AvgIpc) is 3.18. The molecule has 2 aromatic heterocycles. The number of hydrogen-bond donors (Lipinski definition) is 1. The Morgan fingerprint density at radius 1 is 1.13 bits per heavy atom. The Kier molecular flexibility index (Phi) is 5.67. The number of alkyl halides is 2. The zero-order valence-electron chi connectivity index (χ0n) is 15.9. The Morgan fingerprint density at radius 3 is 2.70 bits per heavy atom. The lowest BCUT2D eigenvalue weighted by Gasteiger charge is -2.13. The van der Waals surface area contributed by atoms with Crippen molar-refractivity contribution in [2.45, 2.75) is 10.7 Å². The number of rotatable bonds is 6. The first-order valence-corrected chi connectivity index (χ1v) is 9.90. The van der Waals surface area contributed by atoms with Gasteiger partial charge in [-0.05, 0) is 42.5 Å². The van der Waals surface area contributed by atoms with Crippen molar-refractivity contribution in [3.63, 3.8) is 0 Å². The minimum atomic E-state index is -2.62. The maximum atomic E-state index is 12.8. The second-order valence-electron chi connectivity index (χ2n) is 6.34. The van der Waals surface area contributed by atoms with Gasteiger partial charge in [0, 0.05) is 22.9 Å². The lowest BCUT2D eigenvalue weighted by molar-refractivity contribution is 0.102. The van der Waals surface area contributed by atoms with Gasteiger partial charge in [-0.2, -0.15) is 8.78 Å². The lowest BCUT2D eigenvalue weighted by atomic mass is 10.1. The van der Waals surface area contributed by atoms with Gasteiger partial charge in [0.25, 0.3) is 11.7 Å². The summed E-state index contributed by atoms with van der Waals surface area (Å²) in [6.45, 7) is 0. The summed E-state index contributed by atoms with van der Waals surface area (Å²) in [5.74, 6) is -2.66. The second kappa shape index (κ2) is 8.54. The van der Waals surface area contributed by atoms with Gasteiger partial charge < -0.3 is 14.5 Å². The van der Waals surface area contributed by atoms with Gasteiger partial charge in [0.15, 0.2) is 0 Å². The largest absolute Gasteiger partial charge is 0.495 e. The van der Waals surface area contributed by atoms with Crippen LogP contribution in [0.1, 0.15) is 10.4 Å². The van der Waals surface area contributed by atoms with Crippen LogP contribution in [0.2, 0.25) is 0 Å². The number of methoxy groups -OCH3 is 1. The Balaban J connectivity index is 1.67. The Bertz CT molecular complexity index is 1180. The fraction of sp³-hybridized carbons (Fsp3) is 0.0909. The molecule has 0 saturated carbocycles. The van der Waals surface area contributed by atoms with E-state index in [-0.39, 0.29) is 10.5 Å². The van der Waals surface area contributed by atoms with Gasteiger partial charge in [0.2, 0.25) is 0 Å². The van der Waals surface area contributed by atoms with Crippen molar-refractivity contribution in [2.24, 2.45) is 0 Å². The molecular formula is C22H17F2N3O2S. The number of carbonyl (C=O) groups is 1. The number of amides is 1. The molecule has 4 rings (SSSR count). The summed E-state index contributed by atoms with van der Waals surface area (Å²) in [4.78, 5) is 17.6. The molecule has 0 radical (unpaired) electrons. The molecule has 0 aliphatic heterocycles. The highest BCUT2D eigenvalue weighted by Gasteiger charge is 2.17. The molecule has 0 bridgehead atoms. The zero-order chi connectivity index (χ0) is 21.1. The summed E-state index contributed by atoms with van der Waals surface area (Å²) in [7, 11) is 1.50. The summed E-state index contributed by atoms with van der Waals surface area (Å²) in [6, 6.07) is 17.3. The molecule has 0 fully saturated rings. The third-order valence-electron chi connectivity index (χ3n) is 4.46. The third kappa shape index (κ3) is 4.13. The molecular weight excluding hydrogens is 408 g/mol. The molecule has 4 aromatic rings. The van der Waals surface area contributed by atoms with E-state index in [0.29, 0.717) is 23.2 Å². The van der Waals surface area contributed by atoms with E-state index in [0.717, 1.165) is 16.9 Å². The number of carbonyl (C=O) groups excluding carboxylic acids is 1. The van der Waals surface area contributed by atoms with E-state index in [1.807, 2.05) is 41.1 Å². The molecule has 2 aromatic carbocycles. The lowest BCUT2D eigenvalue weighted by Crippen LogP contribution is -2.14. The zero-order valence-corrected chi connectivity index (χ0v) is 16.7. The third-order valence-corrected chi connectivity index (χ3v) is 5.24. The molecule has 1 amide bonds. The van der Waals surface area contributed by atoms with Crippen molar-refractivity contribution < 1.29 is 18.3 Å². The number of anilines is 1. The van der Waals surface area contributed by atoms with Gasteiger partial charge in [-0.15, -0.1) is 0 Å². The molecule has 0 saturated heterocycles. The van der Waals surface area contributed by atoms with Crippen LogP contribution < -0.4 is 10.1 Å². The van der Waals surface area contributed by atoms with Gasteiger partial charge in [0.1, 0.15) is 11.4 Å². The van der Waals surface area contributed by atoms with Crippen LogP contribution in [0.5, 0.6) is 5.75 Å². The SMILES string of the molecule is COc1ccc(-c2cn3ccccc3n2)cc1NC(=O)c1ccccc1SC(F)F. The first-order chi connectivity index (χ1) is 14.5. The predicted molar refractivity (Wildman–Crippen MR) is 113 cm³/mol. The smallest absolute Gasteiger partial charge is 0.288 e. The van der Waals surface area contributed by atoms with Crippen LogP contribution >= 0.6 is 11.8 Å². The molecule has 30 heavy (non-hydrogen) atoms. The number of imidazole rings is 1. The van der Waals surface area contributed by atoms with Crippen LogP contribution in [0.15, 0.2) is 78.0 Å². The number of pyridine rings is 1. The number of ether oxygens (including phenoxy) is 1. The van der Waals surface area contributed by atoms with Crippen LogP contribution in [0, 0.1) is 0 Å². The summed E-state index contributed by atoms with van der Waals surface area (Å²) < 4.78 is 32.9. The molecule has 0 spiro atoms. The van der Waals surface area contributed by atoms with E-state index < -0.39 is 11.7 Å². The Morgan fingerprint density at radius 2 is 1.93 bits per heavy atom. The van der Waals surface area contributed by atoms with E-state index in [9.17, 15) is 13.6 Å². The van der Waals surface area contributed by atoms with Gasteiger partial charge in [-0.1, -0.05) is 30.0 Å². The fourth-order valence-corrected chi connectivity index (χ4v) is 3.72. The van der Waals surface area contributed by atoms with Crippen LogP contribution in [0.3, 0.4) is 0 Å². The van der Waals surface area contributed by atoms with Gasteiger partial charge in [-0.3, -0.25) is 4.79 Å². The standard InChI is InChI=1S/C22H17F2N3O2S/c1-29-18-10-9-14(17-13-27-11-5-4-8-20(27)25-17)12-16(18)26-21(28)15-6-2-3-7-19(15)30-22(23)24/h2-13,22H,1H3,(H,26,28). The number of nitrogens with zero attached hydrogens (tertiary/aromatic N) is 2. The summed E-state index contributed by atoms with van der Waals surface area (Å²) in [5, 5.41) is 2.78. The van der Waals surface area contributed by atoms with Gasteiger partial charge in [-0.25, -0.2) is 4.98 Å². The van der Waals surface area contributed by atoms with Crippen molar-refractivity contribution >= 4 is 29.0 Å². The van der Waals surface area contributed by atoms with Gasteiger partial charge in [0.05, 0.1) is 24.1 Å². The average molecular weight is 425 g/mol. The number of fused-ring (bicyclic) bond motifs is 1. The molecule has 0 unspecified atom stereocenters. The second-order valence-corrected chi connectivity index (χ2v) is 7.37. The fourth-order valence-electron chi connectivity index (χ4n) is 3.08. The summed E-state index contributed by atoms with van der Waals surface area (Å²) >= 11 is 0.338. The quantitative estimate of drug-likeness (QED) is 0.410. The summed E-state index contributed by atoms with van der Waals surface area (Å²) in [6.07, 6.45) is 3.78. The molecule has 1 N–H and O–H groups in total. The topological polar surface area (TPSA) is 55.6 Å². The predicted octanol–water partition coefficient (Wildman–Crippen LogP) is 5.58. The first-order valence-electron chi connectivity index (χ1n) is 9.02. The van der Waals surface area contributed by atoms with Crippen molar-refractivity contribution in [3.8, 4) is 17.0 Å². The molecule has 2 heterocycles. The minimum absolute atomic E-state index is 0.169. The number of halogens is 2. The number of hydrogen-bond acceptors (Lipinski definition) is 4. The maximum Gasteiger partial charge on any atom is 0.288 e. The molecule has 0 aliphatic carbocycles. The Hall–Kier alpha value is -3.39. The highest BCUT2D eigenvalue weighted by molar-refractivity contribution is 7.99. The monoisotopic (exact) mass is 425 g/mol. The number of thioether (sulfide) groups is 1. The highest BCUT2D eigenvalue weighted by atomic mass is 32.2. The van der Waals surface area contributed by atoms with Crippen molar-refractivity contribution in [1.82, 2.24) is 9.38 Å². The molecule has 152 valence electrons. The van der Waals surface area contributed by atoms with Crippen molar-refractivity contribution in [1.29, 1.82) is 0 Å². The van der Waals surface area contributed by atoms with E-state index in [1.165, 1.54) is 19.2 Å². The van der Waals surface area contributed by atoms with E-state index in [2.05, 4.69) is 10.3 Å². The maximum absolute atomic E-state index is 12.8. The number of benzene rings is 2. The Labute approximate surface area is 175 Å². The highest BCUT2D eigenvalue weighted by Crippen LogP contribution is 2.33. The summed E-state index contributed by atoms with van der Waals surface area (Å²) in [5.41, 5.74) is 2.90.